The topological polar surface area (TPSA) is 82.7 Å². The van der Waals surface area contributed by atoms with Gasteiger partial charge in [0.15, 0.2) is 5.11 Å². The lowest BCUT2D eigenvalue weighted by Gasteiger charge is -2.23. The molecule has 0 bridgehead atoms. The second-order valence-electron chi connectivity index (χ2n) is 6.53. The minimum atomic E-state index is -2.95. The fourth-order valence-electron chi connectivity index (χ4n) is 2.80. The molecule has 0 spiro atoms. The molecule has 0 unspecified atom stereocenters. The van der Waals surface area contributed by atoms with Crippen LogP contribution in [0.4, 0.5) is 19.3 Å². The van der Waals surface area contributed by atoms with Crippen LogP contribution in [0.3, 0.4) is 0 Å². The third-order valence-electron chi connectivity index (χ3n) is 4.37. The number of nitrogens with one attached hydrogen (secondary N) is 3. The first-order valence-corrected chi connectivity index (χ1v) is 8.96. The van der Waals surface area contributed by atoms with Crippen molar-refractivity contribution in [3.05, 3.63) is 59.7 Å². The van der Waals surface area contributed by atoms with Crippen molar-refractivity contribution in [2.45, 2.75) is 26.0 Å². The van der Waals surface area contributed by atoms with Crippen LogP contribution in [0.15, 0.2) is 48.5 Å². The molecule has 1 saturated heterocycles. The van der Waals surface area contributed by atoms with E-state index in [9.17, 15) is 18.4 Å². The molecule has 3 rings (SSSR count). The van der Waals surface area contributed by atoms with Crippen molar-refractivity contribution >= 4 is 35.0 Å². The average Bonchev–Trinajstić information content (AvgIpc) is 2.88. The first-order chi connectivity index (χ1) is 13.7. The predicted molar refractivity (Wildman–Crippen MR) is 106 cm³/mol. The van der Waals surface area contributed by atoms with Gasteiger partial charge in [-0.25, -0.2) is 4.79 Å². The molecule has 29 heavy (non-hydrogen) atoms. The summed E-state index contributed by atoms with van der Waals surface area (Å²) in [6, 6.07) is 12.2. The van der Waals surface area contributed by atoms with Gasteiger partial charge in [-0.1, -0.05) is 29.8 Å². The van der Waals surface area contributed by atoms with Crippen LogP contribution in [0.2, 0.25) is 0 Å². The predicted octanol–water partition coefficient (Wildman–Crippen LogP) is 3.27. The molecule has 1 aliphatic rings. The van der Waals surface area contributed by atoms with Crippen molar-refractivity contribution in [3.8, 4) is 5.75 Å². The van der Waals surface area contributed by atoms with Crippen molar-refractivity contribution in [1.29, 1.82) is 0 Å². The standard InChI is InChI=1S/C19H18F2N4O3S/c1-11-3-7-13(8-4-11)22-17(29)24-25-15(26)19(2,23-18(25)27)12-5-9-14(10-6-12)28-16(20)21/h3-10,16H,1-2H3,(H,23,27)(H2,22,24,29)/t19-/m0/s1. The molecule has 0 radical (unpaired) electrons. The molecule has 0 aromatic heterocycles. The van der Waals surface area contributed by atoms with E-state index in [4.69, 9.17) is 12.2 Å². The first-order valence-electron chi connectivity index (χ1n) is 8.55. The Morgan fingerprint density at radius 2 is 1.76 bits per heavy atom. The molecule has 3 amide bonds. The van der Waals surface area contributed by atoms with Gasteiger partial charge in [0.05, 0.1) is 0 Å². The van der Waals surface area contributed by atoms with E-state index in [1.165, 1.54) is 31.2 Å². The Kier molecular flexibility index (Phi) is 5.64. The normalized spacial score (nSPS) is 18.6. The lowest BCUT2D eigenvalue weighted by Crippen LogP contribution is -2.49. The number of urea groups is 1. The van der Waals surface area contributed by atoms with Crippen molar-refractivity contribution < 1.29 is 23.1 Å². The molecule has 152 valence electrons. The van der Waals surface area contributed by atoms with Crippen LogP contribution >= 0.6 is 12.2 Å². The SMILES string of the molecule is Cc1ccc(NC(=S)NN2C(=O)N[C@@](C)(c3ccc(OC(F)F)cc3)C2=O)cc1. The molecule has 0 saturated carbocycles. The molecule has 7 nitrogen and oxygen atoms in total. The lowest BCUT2D eigenvalue weighted by atomic mass is 9.92. The zero-order valence-corrected chi connectivity index (χ0v) is 16.3. The van der Waals surface area contributed by atoms with E-state index in [2.05, 4.69) is 20.8 Å². The highest BCUT2D eigenvalue weighted by Crippen LogP contribution is 2.29. The van der Waals surface area contributed by atoms with E-state index in [1.54, 1.807) is 0 Å². The number of imide groups is 1. The van der Waals surface area contributed by atoms with Gasteiger partial charge in [0, 0.05) is 5.69 Å². The van der Waals surface area contributed by atoms with Gasteiger partial charge in [-0.15, -0.1) is 0 Å². The minimum Gasteiger partial charge on any atom is -0.435 e. The Morgan fingerprint density at radius 3 is 2.34 bits per heavy atom. The summed E-state index contributed by atoms with van der Waals surface area (Å²) in [5.74, 6) is -0.652. The molecule has 2 aromatic rings. The van der Waals surface area contributed by atoms with Crippen LogP contribution in [0, 0.1) is 6.92 Å². The number of anilines is 1. The van der Waals surface area contributed by atoms with E-state index >= 15 is 0 Å². The maximum absolute atomic E-state index is 12.9. The van der Waals surface area contributed by atoms with Crippen LogP contribution in [-0.2, 0) is 10.3 Å². The van der Waals surface area contributed by atoms with E-state index < -0.39 is 24.1 Å². The van der Waals surface area contributed by atoms with Gasteiger partial charge >= 0.3 is 12.6 Å². The van der Waals surface area contributed by atoms with Crippen LogP contribution in [-0.4, -0.2) is 28.7 Å². The molecular formula is C19H18F2N4O3S. The van der Waals surface area contributed by atoms with Crippen molar-refractivity contribution in [1.82, 2.24) is 15.8 Å². The Hall–Kier alpha value is -3.27. The fourth-order valence-corrected chi connectivity index (χ4v) is 3.01. The number of thiocarbonyl (C=S) groups is 1. The zero-order valence-electron chi connectivity index (χ0n) is 15.5. The largest absolute Gasteiger partial charge is 0.435 e. The van der Waals surface area contributed by atoms with Gasteiger partial charge in [0.2, 0.25) is 0 Å². The van der Waals surface area contributed by atoms with E-state index in [-0.39, 0.29) is 10.9 Å². The summed E-state index contributed by atoms with van der Waals surface area (Å²) in [5, 5.41) is 6.30. The highest BCUT2D eigenvalue weighted by atomic mass is 32.1. The molecular weight excluding hydrogens is 402 g/mol. The Balaban J connectivity index is 1.71. The number of hydrazine groups is 1. The maximum Gasteiger partial charge on any atom is 0.387 e. The number of carbonyl (C=O) groups is 2. The van der Waals surface area contributed by atoms with E-state index in [0.717, 1.165) is 10.6 Å². The van der Waals surface area contributed by atoms with Crippen molar-refractivity contribution in [2.24, 2.45) is 0 Å². The molecule has 1 aliphatic heterocycles. The Bertz CT molecular complexity index is 937. The number of hydrogen-bond donors (Lipinski definition) is 3. The van der Waals surface area contributed by atoms with Crippen molar-refractivity contribution in [3.63, 3.8) is 0 Å². The summed E-state index contributed by atoms with van der Waals surface area (Å²) < 4.78 is 28.9. The number of ether oxygens (including phenoxy) is 1. The molecule has 1 atom stereocenters. The summed E-state index contributed by atoms with van der Waals surface area (Å²) in [5.41, 5.74) is 3.34. The molecule has 2 aromatic carbocycles. The van der Waals surface area contributed by atoms with Gasteiger partial charge in [0.25, 0.3) is 5.91 Å². The number of nitrogens with zero attached hydrogens (tertiary/aromatic N) is 1. The quantitative estimate of drug-likeness (QED) is 0.509. The van der Waals surface area contributed by atoms with Crippen LogP contribution in [0.1, 0.15) is 18.1 Å². The smallest absolute Gasteiger partial charge is 0.387 e. The second-order valence-corrected chi connectivity index (χ2v) is 6.94. The monoisotopic (exact) mass is 420 g/mol. The number of benzene rings is 2. The molecule has 1 fully saturated rings. The Labute approximate surface area is 171 Å². The number of aryl methyl sites for hydroxylation is 1. The minimum absolute atomic E-state index is 0.0532. The number of halogens is 2. The van der Waals surface area contributed by atoms with Gasteiger partial charge in [-0.05, 0) is 55.9 Å². The first kappa shape index (κ1) is 20.5. The summed E-state index contributed by atoms with van der Waals surface area (Å²) >= 11 is 5.18. The summed E-state index contributed by atoms with van der Waals surface area (Å²) in [7, 11) is 0. The third-order valence-corrected chi connectivity index (χ3v) is 4.56. The molecule has 3 N–H and O–H groups in total. The highest BCUT2D eigenvalue weighted by molar-refractivity contribution is 7.80. The van der Waals surface area contributed by atoms with E-state index in [0.29, 0.717) is 11.3 Å². The number of carbonyl (C=O) groups excluding carboxylic acids is 2. The van der Waals surface area contributed by atoms with Crippen LogP contribution in [0.25, 0.3) is 0 Å². The Morgan fingerprint density at radius 1 is 1.14 bits per heavy atom. The van der Waals surface area contributed by atoms with Gasteiger partial charge in [0.1, 0.15) is 11.3 Å². The second kappa shape index (κ2) is 8.00. The fraction of sp³-hybridized carbons (Fsp3) is 0.211. The maximum atomic E-state index is 12.9. The summed E-state index contributed by atoms with van der Waals surface area (Å²) in [6.45, 7) is 0.501. The van der Waals surface area contributed by atoms with Crippen LogP contribution < -0.4 is 20.8 Å². The summed E-state index contributed by atoms with van der Waals surface area (Å²) in [4.78, 5) is 25.2. The number of amides is 3. The number of rotatable bonds is 5. The van der Waals surface area contributed by atoms with Gasteiger partial charge in [-0.2, -0.15) is 13.8 Å². The van der Waals surface area contributed by atoms with Gasteiger partial charge < -0.3 is 15.4 Å². The van der Waals surface area contributed by atoms with E-state index in [1.807, 2.05) is 31.2 Å². The molecule has 1 heterocycles. The average molecular weight is 420 g/mol. The summed E-state index contributed by atoms with van der Waals surface area (Å²) in [6.07, 6.45) is 0. The van der Waals surface area contributed by atoms with Crippen LogP contribution in [0.5, 0.6) is 5.75 Å². The molecule has 10 heteroatoms. The third kappa shape index (κ3) is 4.43. The number of hydrogen-bond acceptors (Lipinski definition) is 4. The zero-order chi connectivity index (χ0) is 21.2. The number of alkyl halides is 2. The highest BCUT2D eigenvalue weighted by Gasteiger charge is 2.49. The van der Waals surface area contributed by atoms with Gasteiger partial charge in [-0.3, -0.25) is 10.2 Å². The van der Waals surface area contributed by atoms with Crippen molar-refractivity contribution in [2.75, 3.05) is 5.32 Å². The lowest BCUT2D eigenvalue weighted by molar-refractivity contribution is -0.132. The molecule has 0 aliphatic carbocycles.